The summed E-state index contributed by atoms with van der Waals surface area (Å²) in [7, 11) is 0. The van der Waals surface area contributed by atoms with Crippen molar-refractivity contribution in [1.29, 1.82) is 0 Å². The van der Waals surface area contributed by atoms with Gasteiger partial charge in [-0.15, -0.1) is 11.3 Å². The van der Waals surface area contributed by atoms with Gasteiger partial charge in [0, 0.05) is 16.5 Å². The van der Waals surface area contributed by atoms with E-state index in [1.807, 2.05) is 6.07 Å². The summed E-state index contributed by atoms with van der Waals surface area (Å²) in [6.07, 6.45) is 1.73. The van der Waals surface area contributed by atoms with Crippen molar-refractivity contribution in [3.8, 4) is 10.4 Å². The summed E-state index contributed by atoms with van der Waals surface area (Å²) in [6.45, 7) is 0. The Morgan fingerprint density at radius 1 is 1.12 bits per heavy atom. The molecule has 0 saturated heterocycles. The standard InChI is InChI=1S/C13H8ClNS/c14-13-11-8-10(12-2-1-7-16-12)4-3-9(11)5-6-15-13/h1-8H. The Morgan fingerprint density at radius 2 is 2.06 bits per heavy atom. The third kappa shape index (κ3) is 1.60. The summed E-state index contributed by atoms with van der Waals surface area (Å²) in [5.41, 5.74) is 1.19. The fourth-order valence-corrected chi connectivity index (χ4v) is 2.67. The molecule has 0 spiro atoms. The van der Waals surface area contributed by atoms with Crippen LogP contribution in [-0.2, 0) is 0 Å². The molecule has 0 aliphatic rings. The number of fused-ring (bicyclic) bond motifs is 1. The molecule has 78 valence electrons. The Bertz CT molecular complexity index is 631. The number of rotatable bonds is 1. The van der Waals surface area contributed by atoms with Crippen LogP contribution in [0.3, 0.4) is 0 Å². The summed E-state index contributed by atoms with van der Waals surface area (Å²) in [5.74, 6) is 0. The highest BCUT2D eigenvalue weighted by atomic mass is 35.5. The Balaban J connectivity index is 2.27. The molecule has 1 aromatic carbocycles. The van der Waals surface area contributed by atoms with Crippen molar-refractivity contribution in [3.63, 3.8) is 0 Å². The molecule has 0 saturated carbocycles. The van der Waals surface area contributed by atoms with E-state index in [0.29, 0.717) is 5.15 Å². The first kappa shape index (κ1) is 9.82. The van der Waals surface area contributed by atoms with Crippen LogP contribution < -0.4 is 0 Å². The Labute approximate surface area is 102 Å². The lowest BCUT2D eigenvalue weighted by atomic mass is 10.1. The summed E-state index contributed by atoms with van der Waals surface area (Å²) in [4.78, 5) is 5.35. The zero-order chi connectivity index (χ0) is 11.0. The minimum absolute atomic E-state index is 0.566. The van der Waals surface area contributed by atoms with Crippen LogP contribution in [0.15, 0.2) is 48.0 Å². The zero-order valence-corrected chi connectivity index (χ0v) is 9.92. The van der Waals surface area contributed by atoms with Gasteiger partial charge in [0.1, 0.15) is 5.15 Å². The molecule has 0 aliphatic carbocycles. The van der Waals surface area contributed by atoms with E-state index < -0.39 is 0 Å². The first-order valence-electron chi connectivity index (χ1n) is 4.93. The number of aromatic nitrogens is 1. The SMILES string of the molecule is Clc1nccc2ccc(-c3cccs3)cc12. The van der Waals surface area contributed by atoms with Crippen LogP contribution in [0.5, 0.6) is 0 Å². The van der Waals surface area contributed by atoms with E-state index in [1.54, 1.807) is 17.5 Å². The molecular weight excluding hydrogens is 238 g/mol. The van der Waals surface area contributed by atoms with Gasteiger partial charge in [-0.2, -0.15) is 0 Å². The molecule has 0 atom stereocenters. The monoisotopic (exact) mass is 245 g/mol. The first-order valence-corrected chi connectivity index (χ1v) is 6.18. The second kappa shape index (κ2) is 3.89. The molecular formula is C13H8ClNS. The zero-order valence-electron chi connectivity index (χ0n) is 8.35. The molecule has 0 amide bonds. The van der Waals surface area contributed by atoms with E-state index in [1.165, 1.54) is 10.4 Å². The number of hydrogen-bond acceptors (Lipinski definition) is 2. The van der Waals surface area contributed by atoms with Gasteiger partial charge in [0.15, 0.2) is 0 Å². The summed E-state index contributed by atoms with van der Waals surface area (Å²) in [5, 5.41) is 4.77. The molecule has 0 N–H and O–H groups in total. The maximum atomic E-state index is 6.08. The number of pyridine rings is 1. The van der Waals surface area contributed by atoms with E-state index in [4.69, 9.17) is 11.6 Å². The van der Waals surface area contributed by atoms with E-state index in [0.717, 1.165) is 10.8 Å². The van der Waals surface area contributed by atoms with Crippen LogP contribution in [0.1, 0.15) is 0 Å². The number of benzene rings is 1. The van der Waals surface area contributed by atoms with Gasteiger partial charge in [-0.25, -0.2) is 4.98 Å². The van der Waals surface area contributed by atoms with Gasteiger partial charge >= 0.3 is 0 Å². The van der Waals surface area contributed by atoms with Crippen molar-refractivity contribution in [2.75, 3.05) is 0 Å². The van der Waals surface area contributed by atoms with Gasteiger partial charge in [0.25, 0.3) is 0 Å². The average molecular weight is 246 g/mol. The molecule has 2 aromatic heterocycles. The molecule has 3 heteroatoms. The molecule has 0 aliphatic heterocycles. The second-order valence-corrected chi connectivity index (χ2v) is 4.82. The van der Waals surface area contributed by atoms with Gasteiger partial charge in [-0.05, 0) is 34.5 Å². The highest BCUT2D eigenvalue weighted by Gasteiger charge is 2.03. The normalized spacial score (nSPS) is 10.8. The minimum Gasteiger partial charge on any atom is -0.244 e. The lowest BCUT2D eigenvalue weighted by Crippen LogP contribution is -1.80. The van der Waals surface area contributed by atoms with Gasteiger partial charge in [-0.1, -0.05) is 29.8 Å². The third-order valence-electron chi connectivity index (χ3n) is 2.52. The maximum Gasteiger partial charge on any atom is 0.136 e. The highest BCUT2D eigenvalue weighted by molar-refractivity contribution is 7.13. The van der Waals surface area contributed by atoms with Gasteiger partial charge in [0.2, 0.25) is 0 Å². The minimum atomic E-state index is 0.566. The van der Waals surface area contributed by atoms with Crippen LogP contribution in [0.4, 0.5) is 0 Å². The lowest BCUT2D eigenvalue weighted by Gasteiger charge is -2.02. The molecule has 3 aromatic rings. The molecule has 1 nitrogen and oxygen atoms in total. The van der Waals surface area contributed by atoms with Crippen molar-refractivity contribution in [2.45, 2.75) is 0 Å². The van der Waals surface area contributed by atoms with E-state index >= 15 is 0 Å². The van der Waals surface area contributed by atoms with Crippen molar-refractivity contribution >= 4 is 33.7 Å². The van der Waals surface area contributed by atoms with Crippen LogP contribution >= 0.6 is 22.9 Å². The third-order valence-corrected chi connectivity index (χ3v) is 3.74. The number of halogens is 1. The Kier molecular flexibility index (Phi) is 2.39. The smallest absolute Gasteiger partial charge is 0.136 e. The molecule has 2 heterocycles. The Hall–Kier alpha value is -1.38. The predicted octanol–water partition coefficient (Wildman–Crippen LogP) is 4.62. The molecule has 3 rings (SSSR count). The van der Waals surface area contributed by atoms with Gasteiger partial charge in [-0.3, -0.25) is 0 Å². The summed E-state index contributed by atoms with van der Waals surface area (Å²) >= 11 is 7.81. The maximum absolute atomic E-state index is 6.08. The number of thiophene rings is 1. The molecule has 0 fully saturated rings. The predicted molar refractivity (Wildman–Crippen MR) is 70.1 cm³/mol. The van der Waals surface area contributed by atoms with Crippen LogP contribution in [0.2, 0.25) is 5.15 Å². The molecule has 0 bridgehead atoms. The number of hydrogen-bond donors (Lipinski definition) is 0. The van der Waals surface area contributed by atoms with Crippen molar-refractivity contribution < 1.29 is 0 Å². The van der Waals surface area contributed by atoms with Crippen molar-refractivity contribution in [2.24, 2.45) is 0 Å². The molecule has 16 heavy (non-hydrogen) atoms. The van der Waals surface area contributed by atoms with Gasteiger partial charge < -0.3 is 0 Å². The fourth-order valence-electron chi connectivity index (χ4n) is 1.73. The summed E-state index contributed by atoms with van der Waals surface area (Å²) in [6, 6.07) is 12.4. The lowest BCUT2D eigenvalue weighted by molar-refractivity contribution is 1.36. The van der Waals surface area contributed by atoms with E-state index in [2.05, 4.69) is 40.7 Å². The van der Waals surface area contributed by atoms with Crippen LogP contribution in [0, 0.1) is 0 Å². The van der Waals surface area contributed by atoms with Crippen LogP contribution in [-0.4, -0.2) is 4.98 Å². The fraction of sp³-hybridized carbons (Fsp3) is 0. The summed E-state index contributed by atoms with van der Waals surface area (Å²) < 4.78 is 0. The Morgan fingerprint density at radius 3 is 2.88 bits per heavy atom. The van der Waals surface area contributed by atoms with Crippen molar-refractivity contribution in [3.05, 3.63) is 53.1 Å². The quantitative estimate of drug-likeness (QED) is 0.570. The van der Waals surface area contributed by atoms with Gasteiger partial charge in [0.05, 0.1) is 0 Å². The van der Waals surface area contributed by atoms with E-state index in [9.17, 15) is 0 Å². The number of nitrogens with zero attached hydrogens (tertiary/aromatic N) is 1. The second-order valence-electron chi connectivity index (χ2n) is 3.51. The van der Waals surface area contributed by atoms with Crippen LogP contribution in [0.25, 0.3) is 21.2 Å². The van der Waals surface area contributed by atoms with Crippen molar-refractivity contribution in [1.82, 2.24) is 4.98 Å². The first-order chi connectivity index (χ1) is 7.84. The highest BCUT2D eigenvalue weighted by Crippen LogP contribution is 2.30. The largest absolute Gasteiger partial charge is 0.244 e. The average Bonchev–Trinajstić information content (AvgIpc) is 2.83. The topological polar surface area (TPSA) is 12.9 Å². The van der Waals surface area contributed by atoms with E-state index in [-0.39, 0.29) is 0 Å². The molecule has 0 unspecified atom stereocenters. The molecule has 0 radical (unpaired) electrons.